The molecule has 3 rings (SSSR count). The summed E-state index contributed by atoms with van der Waals surface area (Å²) in [5, 5.41) is 25.2. The van der Waals surface area contributed by atoms with Gasteiger partial charge >= 0.3 is 0 Å². The highest BCUT2D eigenvalue weighted by atomic mass is 16.6. The van der Waals surface area contributed by atoms with Crippen molar-refractivity contribution in [3.8, 4) is 0 Å². The molecule has 0 aliphatic carbocycles. The number of amides is 1. The number of non-ortho nitro benzene ring substituents is 1. The minimum absolute atomic E-state index is 0.0367. The van der Waals surface area contributed by atoms with Gasteiger partial charge in [0.2, 0.25) is 0 Å². The normalized spacial score (nSPS) is 14.0. The summed E-state index contributed by atoms with van der Waals surface area (Å²) in [6.07, 6.45) is 0. The Hall–Kier alpha value is -3.69. The fourth-order valence-electron chi connectivity index (χ4n) is 3.41. The number of rotatable bonds is 6. The SMILES string of the molecule is CC(C)NC(=O)c1ccc(N2CCN(c3ccc([N+](=O)[O-])cc3)CC2)c([N+](=O)[O-])c1. The number of piperazine rings is 1. The van der Waals surface area contributed by atoms with Crippen molar-refractivity contribution in [1.82, 2.24) is 5.32 Å². The third-order valence-electron chi connectivity index (χ3n) is 4.90. The number of benzene rings is 2. The highest BCUT2D eigenvalue weighted by Gasteiger charge is 2.25. The predicted molar refractivity (Wildman–Crippen MR) is 113 cm³/mol. The Balaban J connectivity index is 1.73. The first kappa shape index (κ1) is 21.0. The third kappa shape index (κ3) is 4.65. The van der Waals surface area contributed by atoms with Crippen LogP contribution in [0.3, 0.4) is 0 Å². The average Bonchev–Trinajstić information content (AvgIpc) is 2.73. The molecule has 1 amide bonds. The molecule has 0 aromatic heterocycles. The zero-order valence-corrected chi connectivity index (χ0v) is 16.8. The second-order valence-electron chi connectivity index (χ2n) is 7.34. The molecule has 2 aromatic rings. The van der Waals surface area contributed by atoms with E-state index in [2.05, 4.69) is 10.2 Å². The van der Waals surface area contributed by atoms with E-state index in [1.807, 2.05) is 18.7 Å². The summed E-state index contributed by atoms with van der Waals surface area (Å²) >= 11 is 0. The maximum Gasteiger partial charge on any atom is 0.293 e. The molecule has 10 heteroatoms. The van der Waals surface area contributed by atoms with E-state index in [1.165, 1.54) is 18.2 Å². The van der Waals surface area contributed by atoms with E-state index < -0.39 is 9.85 Å². The van der Waals surface area contributed by atoms with Crippen molar-refractivity contribution >= 4 is 28.7 Å². The molecule has 30 heavy (non-hydrogen) atoms. The van der Waals surface area contributed by atoms with Crippen molar-refractivity contribution in [2.75, 3.05) is 36.0 Å². The van der Waals surface area contributed by atoms with E-state index >= 15 is 0 Å². The van der Waals surface area contributed by atoms with Crippen LogP contribution < -0.4 is 15.1 Å². The van der Waals surface area contributed by atoms with Crippen LogP contribution in [0.15, 0.2) is 42.5 Å². The standard InChI is InChI=1S/C20H23N5O5/c1-14(2)21-20(26)15-3-8-18(19(13-15)25(29)30)23-11-9-22(10-12-23)16-4-6-17(7-5-16)24(27)28/h3-8,13-14H,9-12H2,1-2H3,(H,21,26). The van der Waals surface area contributed by atoms with Crippen LogP contribution in [-0.2, 0) is 0 Å². The largest absolute Gasteiger partial charge is 0.368 e. The number of nitro benzene ring substituents is 2. The van der Waals surface area contributed by atoms with Gasteiger partial charge in [0, 0.05) is 61.7 Å². The van der Waals surface area contributed by atoms with Crippen LogP contribution in [0.2, 0.25) is 0 Å². The smallest absolute Gasteiger partial charge is 0.293 e. The fraction of sp³-hybridized carbons (Fsp3) is 0.350. The van der Waals surface area contributed by atoms with Crippen molar-refractivity contribution in [3.05, 3.63) is 68.3 Å². The predicted octanol–water partition coefficient (Wildman–Crippen LogP) is 2.97. The molecule has 0 atom stereocenters. The third-order valence-corrected chi connectivity index (χ3v) is 4.90. The van der Waals surface area contributed by atoms with E-state index in [0.717, 1.165) is 5.69 Å². The monoisotopic (exact) mass is 413 g/mol. The van der Waals surface area contributed by atoms with E-state index in [9.17, 15) is 25.0 Å². The quantitative estimate of drug-likeness (QED) is 0.571. The zero-order chi connectivity index (χ0) is 21.8. The number of hydrogen-bond donors (Lipinski definition) is 1. The molecule has 0 radical (unpaired) electrons. The Morgan fingerprint density at radius 1 is 0.933 bits per heavy atom. The second kappa shape index (κ2) is 8.76. The lowest BCUT2D eigenvalue weighted by Crippen LogP contribution is -2.46. The minimum atomic E-state index is -0.468. The van der Waals surface area contributed by atoms with Gasteiger partial charge in [-0.1, -0.05) is 0 Å². The van der Waals surface area contributed by atoms with E-state index in [1.54, 1.807) is 24.3 Å². The first-order valence-corrected chi connectivity index (χ1v) is 9.60. The Bertz CT molecular complexity index is 953. The molecule has 1 aliphatic heterocycles. The van der Waals surface area contributed by atoms with Gasteiger partial charge in [-0.05, 0) is 38.1 Å². The molecule has 0 unspecified atom stereocenters. The van der Waals surface area contributed by atoms with Gasteiger partial charge in [-0.2, -0.15) is 0 Å². The molecule has 0 saturated carbocycles. The molecule has 1 N–H and O–H groups in total. The Morgan fingerprint density at radius 2 is 1.53 bits per heavy atom. The molecule has 2 aromatic carbocycles. The van der Waals surface area contributed by atoms with Gasteiger partial charge in [0.25, 0.3) is 17.3 Å². The van der Waals surface area contributed by atoms with Crippen LogP contribution in [0.25, 0.3) is 0 Å². The molecule has 0 spiro atoms. The van der Waals surface area contributed by atoms with E-state index in [-0.39, 0.29) is 28.9 Å². The van der Waals surface area contributed by atoms with Crippen LogP contribution in [0, 0.1) is 20.2 Å². The van der Waals surface area contributed by atoms with Crippen LogP contribution in [0.5, 0.6) is 0 Å². The van der Waals surface area contributed by atoms with Crippen molar-refractivity contribution in [2.24, 2.45) is 0 Å². The van der Waals surface area contributed by atoms with Gasteiger partial charge in [-0.15, -0.1) is 0 Å². The van der Waals surface area contributed by atoms with Gasteiger partial charge in [-0.25, -0.2) is 0 Å². The lowest BCUT2D eigenvalue weighted by Gasteiger charge is -2.37. The summed E-state index contributed by atoms with van der Waals surface area (Å²) in [4.78, 5) is 37.7. The summed E-state index contributed by atoms with van der Waals surface area (Å²) in [5.74, 6) is -0.345. The summed E-state index contributed by atoms with van der Waals surface area (Å²) < 4.78 is 0. The highest BCUT2D eigenvalue weighted by molar-refractivity contribution is 5.96. The molecular weight excluding hydrogens is 390 g/mol. The minimum Gasteiger partial charge on any atom is -0.368 e. The number of nitro groups is 2. The van der Waals surface area contributed by atoms with Crippen molar-refractivity contribution in [2.45, 2.75) is 19.9 Å². The van der Waals surface area contributed by atoms with E-state index in [0.29, 0.717) is 31.9 Å². The van der Waals surface area contributed by atoms with E-state index in [4.69, 9.17) is 0 Å². The van der Waals surface area contributed by atoms with Gasteiger partial charge in [0.05, 0.1) is 9.85 Å². The molecule has 0 bridgehead atoms. The van der Waals surface area contributed by atoms with Crippen molar-refractivity contribution in [1.29, 1.82) is 0 Å². The van der Waals surface area contributed by atoms with Gasteiger partial charge in [-0.3, -0.25) is 25.0 Å². The lowest BCUT2D eigenvalue weighted by molar-refractivity contribution is -0.384. The number of nitrogens with zero attached hydrogens (tertiary/aromatic N) is 4. The van der Waals surface area contributed by atoms with Crippen molar-refractivity contribution < 1.29 is 14.6 Å². The molecule has 10 nitrogen and oxygen atoms in total. The zero-order valence-electron chi connectivity index (χ0n) is 16.8. The topological polar surface area (TPSA) is 122 Å². The first-order chi connectivity index (χ1) is 14.3. The Kier molecular flexibility index (Phi) is 6.14. The first-order valence-electron chi connectivity index (χ1n) is 9.60. The Labute approximate surface area is 173 Å². The fourth-order valence-corrected chi connectivity index (χ4v) is 3.41. The molecule has 1 aliphatic rings. The Morgan fingerprint density at radius 3 is 2.07 bits per heavy atom. The number of anilines is 2. The second-order valence-corrected chi connectivity index (χ2v) is 7.34. The lowest BCUT2D eigenvalue weighted by atomic mass is 10.1. The van der Waals surface area contributed by atoms with Crippen LogP contribution in [0.1, 0.15) is 24.2 Å². The maximum atomic E-state index is 12.2. The van der Waals surface area contributed by atoms with Crippen LogP contribution in [0.4, 0.5) is 22.7 Å². The maximum absolute atomic E-state index is 12.2. The molecule has 1 fully saturated rings. The average molecular weight is 413 g/mol. The molecule has 158 valence electrons. The number of hydrogen-bond acceptors (Lipinski definition) is 7. The number of carbonyl (C=O) groups is 1. The summed E-state index contributed by atoms with van der Waals surface area (Å²) in [6, 6.07) is 10.8. The van der Waals surface area contributed by atoms with Gasteiger partial charge in [0.1, 0.15) is 5.69 Å². The summed E-state index contributed by atoms with van der Waals surface area (Å²) in [7, 11) is 0. The van der Waals surface area contributed by atoms with Gasteiger partial charge < -0.3 is 15.1 Å². The number of nitrogens with one attached hydrogen (secondary N) is 1. The highest BCUT2D eigenvalue weighted by Crippen LogP contribution is 2.31. The van der Waals surface area contributed by atoms with Gasteiger partial charge in [0.15, 0.2) is 0 Å². The van der Waals surface area contributed by atoms with Crippen molar-refractivity contribution in [3.63, 3.8) is 0 Å². The molecule has 1 saturated heterocycles. The molecular formula is C20H23N5O5. The summed E-state index contributed by atoms with van der Waals surface area (Å²) in [6.45, 7) is 5.98. The molecule has 1 heterocycles. The summed E-state index contributed by atoms with van der Waals surface area (Å²) in [5.41, 5.74) is 1.54. The van der Waals surface area contributed by atoms with Crippen LogP contribution in [-0.4, -0.2) is 48.0 Å². The van der Waals surface area contributed by atoms with Crippen LogP contribution >= 0.6 is 0 Å². The number of carbonyl (C=O) groups excluding carboxylic acids is 1.